The SMILES string of the molecule is CN(C)CC(=O)N[C@@H](CCC(=O)N[C@@H](CCC(=O)C=[N+]=[N-])C(=O)N[C@@H](CCC(=O)C=[N+]=[N-])C(=O)OC(C)(C)C)C(=O)OC(C)(C)C. The van der Waals surface area contributed by atoms with Crippen LogP contribution in [0.25, 0.3) is 11.1 Å². The number of ether oxygens (including phenoxy) is 2. The molecule has 0 radical (unpaired) electrons. The van der Waals surface area contributed by atoms with Crippen LogP contribution in [0.4, 0.5) is 0 Å². The van der Waals surface area contributed by atoms with Crippen LogP contribution < -0.4 is 16.0 Å². The van der Waals surface area contributed by atoms with Gasteiger partial charge in [0.25, 0.3) is 0 Å². The van der Waals surface area contributed by atoms with E-state index in [4.69, 9.17) is 20.5 Å². The molecule has 0 aliphatic carbocycles. The average Bonchev–Trinajstić information content (AvgIpc) is 2.88. The molecule has 17 heteroatoms. The van der Waals surface area contributed by atoms with E-state index >= 15 is 0 Å². The number of nitrogens with one attached hydrogen (secondary N) is 3. The van der Waals surface area contributed by atoms with Gasteiger partial charge in [-0.25, -0.2) is 9.59 Å². The van der Waals surface area contributed by atoms with E-state index in [1.807, 2.05) is 0 Å². The van der Waals surface area contributed by atoms with Gasteiger partial charge in [-0.05, 0) is 74.9 Å². The van der Waals surface area contributed by atoms with Crippen LogP contribution >= 0.6 is 0 Å². The fourth-order valence-electron chi connectivity index (χ4n) is 3.69. The summed E-state index contributed by atoms with van der Waals surface area (Å²) in [6.07, 6.45) is -0.462. The second-order valence-corrected chi connectivity index (χ2v) is 12.6. The normalized spacial score (nSPS) is 13.1. The standard InChI is InChI=1S/C29H46N8O9/c1-28(2,3)45-26(43)21(35-24(41)17-37(7)8)13-14-23(40)34-20(11-9-18(38)15-32-30)25(42)36-22(12-10-19(39)16-33-31)27(44)46-29(4,5)6/h15-16,20-22H,9-14,17H2,1-8H3,(H,34,40)(H,35,41)(H,36,42)/t20-,21-,22-/m0/s1. The van der Waals surface area contributed by atoms with Crippen LogP contribution in [0.3, 0.4) is 0 Å². The molecule has 0 saturated carbocycles. The highest BCUT2D eigenvalue weighted by Gasteiger charge is 2.32. The van der Waals surface area contributed by atoms with E-state index in [0.717, 1.165) is 0 Å². The monoisotopic (exact) mass is 650 g/mol. The number of carbonyl (C=O) groups excluding carboxylic acids is 7. The first-order chi connectivity index (χ1) is 21.2. The number of hydrogen-bond donors (Lipinski definition) is 3. The van der Waals surface area contributed by atoms with E-state index in [1.165, 1.54) is 0 Å². The fourth-order valence-corrected chi connectivity index (χ4v) is 3.69. The number of amides is 3. The highest BCUT2D eigenvalue weighted by Crippen LogP contribution is 2.13. The summed E-state index contributed by atoms with van der Waals surface area (Å²) in [5.74, 6) is -5.07. The first kappa shape index (κ1) is 41.4. The van der Waals surface area contributed by atoms with Crippen molar-refractivity contribution in [3.05, 3.63) is 11.1 Å². The van der Waals surface area contributed by atoms with Gasteiger partial charge in [-0.15, -0.1) is 0 Å². The Balaban J connectivity index is 5.97. The van der Waals surface area contributed by atoms with E-state index in [1.54, 1.807) is 60.5 Å². The summed E-state index contributed by atoms with van der Waals surface area (Å²) in [7, 11) is 3.32. The van der Waals surface area contributed by atoms with Crippen molar-refractivity contribution in [2.45, 2.75) is 109 Å². The van der Waals surface area contributed by atoms with Crippen molar-refractivity contribution < 1.29 is 52.6 Å². The number of esters is 2. The van der Waals surface area contributed by atoms with Crippen LogP contribution in [-0.2, 0) is 43.0 Å². The number of carbonyl (C=O) groups is 7. The van der Waals surface area contributed by atoms with E-state index in [-0.39, 0.29) is 45.1 Å². The van der Waals surface area contributed by atoms with Gasteiger partial charge in [0.1, 0.15) is 29.3 Å². The number of rotatable bonds is 19. The number of ketones is 2. The van der Waals surface area contributed by atoms with Gasteiger partial charge in [0.2, 0.25) is 29.3 Å². The summed E-state index contributed by atoms with van der Waals surface area (Å²) in [4.78, 5) is 95.1. The summed E-state index contributed by atoms with van der Waals surface area (Å²) < 4.78 is 10.7. The lowest BCUT2D eigenvalue weighted by atomic mass is 10.0. The van der Waals surface area contributed by atoms with E-state index in [2.05, 4.69) is 25.5 Å². The first-order valence-electron chi connectivity index (χ1n) is 14.6. The summed E-state index contributed by atoms with van der Waals surface area (Å²) >= 11 is 0. The van der Waals surface area contributed by atoms with Crippen molar-refractivity contribution in [1.29, 1.82) is 0 Å². The number of likely N-dealkylation sites (N-methyl/N-ethyl adjacent to an activating group) is 1. The molecule has 0 spiro atoms. The van der Waals surface area contributed by atoms with E-state index in [0.29, 0.717) is 12.4 Å². The second-order valence-electron chi connectivity index (χ2n) is 12.6. The molecule has 0 bridgehead atoms. The molecular weight excluding hydrogens is 604 g/mol. The summed E-state index contributed by atoms with van der Waals surface area (Å²) in [5.41, 5.74) is 15.4. The Morgan fingerprint density at radius 1 is 0.652 bits per heavy atom. The molecule has 3 amide bonds. The van der Waals surface area contributed by atoms with Crippen molar-refractivity contribution in [2.75, 3.05) is 20.6 Å². The lowest BCUT2D eigenvalue weighted by Gasteiger charge is -2.26. The van der Waals surface area contributed by atoms with Crippen LogP contribution in [0.15, 0.2) is 0 Å². The van der Waals surface area contributed by atoms with Gasteiger partial charge in [0, 0.05) is 19.3 Å². The molecule has 256 valence electrons. The average molecular weight is 651 g/mol. The fraction of sp³-hybridized carbons (Fsp3) is 0.690. The number of nitrogens with zero attached hydrogens (tertiary/aromatic N) is 5. The third kappa shape index (κ3) is 19.6. The first-order valence-corrected chi connectivity index (χ1v) is 14.6. The lowest BCUT2D eigenvalue weighted by molar-refractivity contribution is -0.159. The van der Waals surface area contributed by atoms with Gasteiger partial charge >= 0.3 is 24.4 Å². The summed E-state index contributed by atoms with van der Waals surface area (Å²) in [6.45, 7) is 9.68. The molecule has 46 heavy (non-hydrogen) atoms. The molecule has 0 aliphatic rings. The molecule has 0 fully saturated rings. The highest BCUT2D eigenvalue weighted by molar-refractivity contribution is 6.25. The molecule has 0 unspecified atom stereocenters. The predicted octanol–water partition coefficient (Wildman–Crippen LogP) is -0.234. The van der Waals surface area contributed by atoms with Crippen molar-refractivity contribution >= 4 is 53.7 Å². The molecule has 3 N–H and O–H groups in total. The third-order valence-corrected chi connectivity index (χ3v) is 5.57. The predicted molar refractivity (Wildman–Crippen MR) is 163 cm³/mol. The maximum atomic E-state index is 13.3. The van der Waals surface area contributed by atoms with Gasteiger partial charge in [0.15, 0.2) is 0 Å². The van der Waals surface area contributed by atoms with E-state index < -0.39 is 70.6 Å². The van der Waals surface area contributed by atoms with Crippen molar-refractivity contribution in [2.24, 2.45) is 0 Å². The molecular formula is C29H46N8O9. The smallest absolute Gasteiger partial charge is 0.329 e. The second kappa shape index (κ2) is 19.7. The van der Waals surface area contributed by atoms with Crippen LogP contribution in [0.1, 0.15) is 80.1 Å². The molecule has 3 atom stereocenters. The van der Waals surface area contributed by atoms with Gasteiger partial charge in [0.05, 0.1) is 6.54 Å². The largest absolute Gasteiger partial charge is 0.458 e. The molecule has 0 aromatic heterocycles. The Morgan fingerprint density at radius 3 is 1.46 bits per heavy atom. The Bertz CT molecular complexity index is 1220. The molecule has 0 aromatic carbocycles. The third-order valence-electron chi connectivity index (χ3n) is 5.57. The lowest BCUT2D eigenvalue weighted by Crippen LogP contribution is -2.53. The molecule has 0 rings (SSSR count). The van der Waals surface area contributed by atoms with Gasteiger partial charge in [-0.2, -0.15) is 9.58 Å². The van der Waals surface area contributed by atoms with Gasteiger partial charge in [-0.3, -0.25) is 24.0 Å². The Labute approximate surface area is 268 Å². The number of hydrogen-bond acceptors (Lipinski definition) is 10. The van der Waals surface area contributed by atoms with Crippen LogP contribution in [0, 0.1) is 0 Å². The Hall–Kier alpha value is -4.59. The van der Waals surface area contributed by atoms with Crippen LogP contribution in [-0.4, -0.2) is 118 Å². The minimum absolute atomic E-state index is 0.0316. The van der Waals surface area contributed by atoms with Gasteiger partial charge < -0.3 is 41.4 Å². The summed E-state index contributed by atoms with van der Waals surface area (Å²) in [6, 6.07) is -3.95. The van der Waals surface area contributed by atoms with Crippen molar-refractivity contribution in [3.8, 4) is 0 Å². The Morgan fingerprint density at radius 2 is 1.04 bits per heavy atom. The zero-order chi connectivity index (χ0) is 35.7. The van der Waals surface area contributed by atoms with Crippen molar-refractivity contribution in [1.82, 2.24) is 20.9 Å². The zero-order valence-electron chi connectivity index (χ0n) is 27.7. The topological polar surface area (TPSA) is 250 Å². The van der Waals surface area contributed by atoms with Crippen molar-refractivity contribution in [3.63, 3.8) is 0 Å². The van der Waals surface area contributed by atoms with E-state index in [9.17, 15) is 33.6 Å². The molecule has 0 heterocycles. The quantitative estimate of drug-likeness (QED) is 0.0716. The summed E-state index contributed by atoms with van der Waals surface area (Å²) in [5, 5.41) is 7.44. The van der Waals surface area contributed by atoms with Crippen LogP contribution in [0.5, 0.6) is 0 Å². The molecule has 0 saturated heterocycles. The maximum Gasteiger partial charge on any atom is 0.329 e. The maximum absolute atomic E-state index is 13.3. The minimum atomic E-state index is -1.40. The minimum Gasteiger partial charge on any atom is -0.458 e. The van der Waals surface area contributed by atoms with Gasteiger partial charge in [-0.1, -0.05) is 0 Å². The number of Topliss-reactive ketones (excluding diaryl/α,β-unsaturated/α-hetero) is 2. The highest BCUT2D eigenvalue weighted by atomic mass is 16.6. The van der Waals surface area contributed by atoms with Crippen LogP contribution in [0.2, 0.25) is 0 Å². The molecule has 17 nitrogen and oxygen atoms in total. The molecule has 0 aromatic rings. The zero-order valence-corrected chi connectivity index (χ0v) is 27.7. The Kier molecular flexibility index (Phi) is 17.8. The molecule has 0 aliphatic heterocycles.